The molecule has 156 valence electrons. The van der Waals surface area contributed by atoms with Gasteiger partial charge in [0.05, 0.1) is 17.1 Å². The molecule has 2 aromatic rings. The van der Waals surface area contributed by atoms with E-state index in [9.17, 15) is 22.8 Å². The fourth-order valence-electron chi connectivity index (χ4n) is 4.08. The van der Waals surface area contributed by atoms with E-state index in [0.29, 0.717) is 31.8 Å². The molecule has 0 N–H and O–H groups in total. The topological polar surface area (TPSA) is 60.1 Å². The first-order chi connectivity index (χ1) is 13.8. The number of nitrogens with zero attached hydrogens (tertiary/aromatic N) is 4. The summed E-state index contributed by atoms with van der Waals surface area (Å²) in [6, 6.07) is 2.95. The maximum absolute atomic E-state index is 13.1. The Hall–Kier alpha value is -2.29. The van der Waals surface area contributed by atoms with E-state index in [1.54, 1.807) is 4.90 Å². The van der Waals surface area contributed by atoms with Gasteiger partial charge in [-0.2, -0.15) is 18.3 Å². The number of hydrogen-bond donors (Lipinski definition) is 0. The molecule has 1 atom stereocenters. The molecule has 0 aliphatic carbocycles. The molecule has 2 aliphatic heterocycles. The molecule has 1 aromatic heterocycles. The average Bonchev–Trinajstić information content (AvgIpc) is 3.31. The predicted octanol–water partition coefficient (Wildman–Crippen LogP) is 3.27. The Labute approximate surface area is 169 Å². The summed E-state index contributed by atoms with van der Waals surface area (Å²) in [7, 11) is 0. The monoisotopic (exact) mass is 428 g/mol. The number of rotatable bonds is 3. The number of aromatic nitrogens is 3. The van der Waals surface area contributed by atoms with E-state index >= 15 is 0 Å². The summed E-state index contributed by atoms with van der Waals surface area (Å²) < 4.78 is 41.9. The molecule has 1 saturated heterocycles. The van der Waals surface area contributed by atoms with Crippen molar-refractivity contribution in [2.24, 2.45) is 0 Å². The quantitative estimate of drug-likeness (QED) is 0.754. The molecular weight excluding hydrogens is 409 g/mol. The minimum Gasteiger partial charge on any atom is -0.341 e. The number of alkyl halides is 3. The normalized spacial score (nSPS) is 19.4. The standard InChI is InChI=1S/C19H20ClF3N4O2/c20-14-7-6-12(10-13(14)19(21,22)23)11-26-18(29)27-15(4-3-5-16(27)24-26)17(28)25-8-1-2-9-25/h6-7,10,15H,1-5,8-9,11H2. The third-order valence-electron chi connectivity index (χ3n) is 5.50. The van der Waals surface area contributed by atoms with Crippen LogP contribution in [-0.2, 0) is 23.9 Å². The van der Waals surface area contributed by atoms with Gasteiger partial charge in [-0.3, -0.25) is 9.36 Å². The molecule has 0 saturated carbocycles. The smallest absolute Gasteiger partial charge is 0.341 e. The van der Waals surface area contributed by atoms with Gasteiger partial charge in [-0.25, -0.2) is 9.48 Å². The molecule has 1 unspecified atom stereocenters. The summed E-state index contributed by atoms with van der Waals surface area (Å²) in [5, 5.41) is 3.91. The van der Waals surface area contributed by atoms with Crippen LogP contribution in [0.3, 0.4) is 0 Å². The van der Waals surface area contributed by atoms with Crippen LogP contribution in [0.2, 0.25) is 5.02 Å². The average molecular weight is 429 g/mol. The summed E-state index contributed by atoms with van der Waals surface area (Å²) in [4.78, 5) is 27.6. The van der Waals surface area contributed by atoms with Gasteiger partial charge in [0.15, 0.2) is 0 Å². The molecule has 1 fully saturated rings. The first-order valence-electron chi connectivity index (χ1n) is 9.58. The predicted molar refractivity (Wildman–Crippen MR) is 99.8 cm³/mol. The van der Waals surface area contributed by atoms with Gasteiger partial charge in [0.2, 0.25) is 5.91 Å². The number of carbonyl (C=O) groups is 1. The summed E-state index contributed by atoms with van der Waals surface area (Å²) in [5.41, 5.74) is -1.15. The minimum atomic E-state index is -4.58. The van der Waals surface area contributed by atoms with Gasteiger partial charge in [-0.05, 0) is 43.4 Å². The van der Waals surface area contributed by atoms with Crippen LogP contribution in [0.25, 0.3) is 0 Å². The Kier molecular flexibility index (Phi) is 5.18. The molecule has 10 heteroatoms. The highest BCUT2D eigenvalue weighted by molar-refractivity contribution is 6.31. The van der Waals surface area contributed by atoms with Crippen molar-refractivity contribution in [1.29, 1.82) is 0 Å². The Bertz CT molecular complexity index is 992. The maximum atomic E-state index is 13.1. The van der Waals surface area contributed by atoms with Gasteiger partial charge in [0, 0.05) is 19.5 Å². The molecule has 0 bridgehead atoms. The van der Waals surface area contributed by atoms with Gasteiger partial charge in [-0.15, -0.1) is 0 Å². The highest BCUT2D eigenvalue weighted by Gasteiger charge is 2.35. The molecule has 1 amide bonds. The number of halogens is 4. The van der Waals surface area contributed by atoms with Crippen molar-refractivity contribution in [2.45, 2.75) is 50.9 Å². The fourth-order valence-corrected chi connectivity index (χ4v) is 4.30. The van der Waals surface area contributed by atoms with Crippen LogP contribution in [0.15, 0.2) is 23.0 Å². The molecule has 3 heterocycles. The first kappa shape index (κ1) is 20.0. The van der Waals surface area contributed by atoms with Gasteiger partial charge in [0.1, 0.15) is 11.9 Å². The van der Waals surface area contributed by atoms with E-state index in [4.69, 9.17) is 11.6 Å². The number of likely N-dealkylation sites (tertiary alicyclic amines) is 1. The molecule has 29 heavy (non-hydrogen) atoms. The van der Waals surface area contributed by atoms with Crippen molar-refractivity contribution < 1.29 is 18.0 Å². The van der Waals surface area contributed by atoms with Crippen molar-refractivity contribution in [3.8, 4) is 0 Å². The van der Waals surface area contributed by atoms with Crippen LogP contribution < -0.4 is 5.69 Å². The van der Waals surface area contributed by atoms with Crippen molar-refractivity contribution in [1.82, 2.24) is 19.2 Å². The molecule has 1 aromatic carbocycles. The number of carbonyl (C=O) groups excluding carboxylic acids is 1. The molecule has 2 aliphatic rings. The van der Waals surface area contributed by atoms with E-state index in [-0.39, 0.29) is 18.0 Å². The van der Waals surface area contributed by atoms with Crippen molar-refractivity contribution in [3.05, 3.63) is 50.7 Å². The van der Waals surface area contributed by atoms with Gasteiger partial charge < -0.3 is 4.90 Å². The second kappa shape index (κ2) is 7.51. The highest BCUT2D eigenvalue weighted by Crippen LogP contribution is 2.35. The van der Waals surface area contributed by atoms with Crippen LogP contribution in [0, 0.1) is 0 Å². The highest BCUT2D eigenvalue weighted by atomic mass is 35.5. The summed E-state index contributed by atoms with van der Waals surface area (Å²) >= 11 is 5.66. The van der Waals surface area contributed by atoms with Gasteiger partial charge >= 0.3 is 11.9 Å². The lowest BCUT2D eigenvalue weighted by molar-refractivity contribution is -0.137. The number of hydrogen-bond acceptors (Lipinski definition) is 3. The second-order valence-corrected chi connectivity index (χ2v) is 7.89. The lowest BCUT2D eigenvalue weighted by Crippen LogP contribution is -2.41. The maximum Gasteiger partial charge on any atom is 0.417 e. The summed E-state index contributed by atoms with van der Waals surface area (Å²) in [6.07, 6.45) is -0.818. The van der Waals surface area contributed by atoms with E-state index in [0.717, 1.165) is 30.0 Å². The lowest BCUT2D eigenvalue weighted by Gasteiger charge is -2.27. The van der Waals surface area contributed by atoms with Crippen molar-refractivity contribution in [2.75, 3.05) is 13.1 Å². The second-order valence-electron chi connectivity index (χ2n) is 7.48. The first-order valence-corrected chi connectivity index (χ1v) is 9.96. The number of fused-ring (bicyclic) bond motifs is 1. The van der Waals surface area contributed by atoms with Crippen LogP contribution >= 0.6 is 11.6 Å². The van der Waals surface area contributed by atoms with Gasteiger partial charge in [0.25, 0.3) is 0 Å². The molecule has 0 radical (unpaired) electrons. The zero-order valence-electron chi connectivity index (χ0n) is 15.6. The SMILES string of the molecule is O=C(C1CCCc2nn(Cc3ccc(Cl)c(C(F)(F)F)c3)c(=O)n21)N1CCCC1. The Morgan fingerprint density at radius 3 is 2.62 bits per heavy atom. The van der Waals surface area contributed by atoms with Crippen LogP contribution in [0.4, 0.5) is 13.2 Å². The van der Waals surface area contributed by atoms with E-state index in [1.807, 2.05) is 0 Å². The largest absolute Gasteiger partial charge is 0.417 e. The summed E-state index contributed by atoms with van der Waals surface area (Å²) in [5.74, 6) is 0.430. The Morgan fingerprint density at radius 2 is 1.93 bits per heavy atom. The van der Waals surface area contributed by atoms with Crippen molar-refractivity contribution in [3.63, 3.8) is 0 Å². The van der Waals surface area contributed by atoms with Crippen LogP contribution in [-0.4, -0.2) is 38.2 Å². The zero-order chi connectivity index (χ0) is 20.8. The van der Waals surface area contributed by atoms with Crippen molar-refractivity contribution >= 4 is 17.5 Å². The Balaban J connectivity index is 1.64. The van der Waals surface area contributed by atoms with Crippen LogP contribution in [0.1, 0.15) is 48.7 Å². The number of benzene rings is 1. The molecule has 0 spiro atoms. The third kappa shape index (κ3) is 3.80. The third-order valence-corrected chi connectivity index (χ3v) is 5.83. The van der Waals surface area contributed by atoms with Gasteiger partial charge in [-0.1, -0.05) is 17.7 Å². The molecule has 6 nitrogen and oxygen atoms in total. The number of amides is 1. The fraction of sp³-hybridized carbons (Fsp3) is 0.526. The molecule has 4 rings (SSSR count). The van der Waals surface area contributed by atoms with E-state index in [2.05, 4.69) is 5.10 Å². The lowest BCUT2D eigenvalue weighted by atomic mass is 10.0. The zero-order valence-corrected chi connectivity index (χ0v) is 16.3. The number of aryl methyl sites for hydroxylation is 1. The van der Waals surface area contributed by atoms with E-state index in [1.165, 1.54) is 16.7 Å². The van der Waals surface area contributed by atoms with Crippen LogP contribution in [0.5, 0.6) is 0 Å². The minimum absolute atomic E-state index is 0.0732. The Morgan fingerprint density at radius 1 is 1.21 bits per heavy atom. The molecular formula is C19H20ClF3N4O2. The van der Waals surface area contributed by atoms with E-state index < -0.39 is 28.5 Å². The summed E-state index contributed by atoms with van der Waals surface area (Å²) in [6.45, 7) is 1.26.